The summed E-state index contributed by atoms with van der Waals surface area (Å²) in [7, 11) is -1.33. The molecule has 1 aromatic heterocycles. The van der Waals surface area contributed by atoms with E-state index in [1.54, 1.807) is 13.3 Å². The monoisotopic (exact) mass is 264 g/mol. The first-order valence-electron chi connectivity index (χ1n) is 4.82. The van der Waals surface area contributed by atoms with Gasteiger partial charge < -0.3 is 10.1 Å². The average Bonchev–Trinajstić information content (AvgIpc) is 2.58. The Morgan fingerprint density at radius 3 is 2.94 bits per heavy atom. The lowest BCUT2D eigenvalue weighted by atomic mass is 10.5. The molecule has 0 aromatic carbocycles. The van der Waals surface area contributed by atoms with Gasteiger partial charge in [-0.05, 0) is 0 Å². The number of hydrogen-bond donors (Lipinski definition) is 1. The zero-order chi connectivity index (χ0) is 12.0. The number of aromatic nitrogens is 1. The molecule has 0 aliphatic carbocycles. The molecule has 0 fully saturated rings. The van der Waals surface area contributed by atoms with E-state index in [-0.39, 0.29) is 5.75 Å². The van der Waals surface area contributed by atoms with Crippen LogP contribution >= 0.6 is 11.3 Å². The van der Waals surface area contributed by atoms with Crippen molar-refractivity contribution in [1.29, 1.82) is 0 Å². The molecule has 1 rings (SSSR count). The smallest absolute Gasteiger partial charge is 0.153 e. The van der Waals surface area contributed by atoms with Crippen LogP contribution in [0.4, 0.5) is 0 Å². The molecule has 7 heteroatoms. The van der Waals surface area contributed by atoms with Gasteiger partial charge in [0.1, 0.15) is 10.8 Å². The van der Waals surface area contributed by atoms with Gasteiger partial charge in [0.2, 0.25) is 0 Å². The first-order chi connectivity index (χ1) is 7.51. The lowest BCUT2D eigenvalue weighted by Crippen LogP contribution is -2.17. The molecule has 92 valence electrons. The molecule has 0 saturated heterocycles. The van der Waals surface area contributed by atoms with Crippen molar-refractivity contribution < 1.29 is 13.2 Å². The molecule has 0 bridgehead atoms. The molecule has 0 aliphatic heterocycles. The minimum Gasteiger partial charge on any atom is -0.383 e. The number of sulfone groups is 1. The van der Waals surface area contributed by atoms with E-state index >= 15 is 0 Å². The Bertz CT molecular complexity index is 414. The zero-order valence-electron chi connectivity index (χ0n) is 9.39. The topological polar surface area (TPSA) is 68.3 Å². The zero-order valence-corrected chi connectivity index (χ0v) is 11.0. The van der Waals surface area contributed by atoms with E-state index in [1.165, 1.54) is 17.6 Å². The maximum Gasteiger partial charge on any atom is 0.153 e. The summed E-state index contributed by atoms with van der Waals surface area (Å²) in [5.74, 6) is 0.0235. The van der Waals surface area contributed by atoms with Crippen molar-refractivity contribution in [2.75, 3.05) is 26.5 Å². The van der Waals surface area contributed by atoms with Crippen molar-refractivity contribution in [1.82, 2.24) is 10.3 Å². The van der Waals surface area contributed by atoms with Crippen molar-refractivity contribution in [2.24, 2.45) is 0 Å². The third-order valence-corrected chi connectivity index (χ3v) is 3.75. The molecular formula is C9H16N2O3S2. The molecule has 0 radical (unpaired) electrons. The van der Waals surface area contributed by atoms with E-state index in [2.05, 4.69) is 10.3 Å². The Balaban J connectivity index is 2.40. The maximum absolute atomic E-state index is 11.0. The Kier molecular flexibility index (Phi) is 5.33. The minimum atomic E-state index is -2.99. The SMILES string of the molecule is COCCNCc1cnc(CS(C)(=O)=O)s1. The summed E-state index contributed by atoms with van der Waals surface area (Å²) < 4.78 is 27.0. The number of nitrogens with one attached hydrogen (secondary N) is 1. The van der Waals surface area contributed by atoms with Crippen LogP contribution in [0.1, 0.15) is 9.88 Å². The summed E-state index contributed by atoms with van der Waals surface area (Å²) >= 11 is 1.42. The highest BCUT2D eigenvalue weighted by Crippen LogP contribution is 2.14. The molecule has 1 aromatic rings. The molecule has 0 amide bonds. The van der Waals surface area contributed by atoms with Crippen LogP contribution in [0.2, 0.25) is 0 Å². The Morgan fingerprint density at radius 2 is 2.31 bits per heavy atom. The van der Waals surface area contributed by atoms with Crippen LogP contribution in [0, 0.1) is 0 Å². The van der Waals surface area contributed by atoms with Crippen LogP contribution in [0.15, 0.2) is 6.20 Å². The van der Waals surface area contributed by atoms with Gasteiger partial charge in [-0.1, -0.05) is 0 Å². The van der Waals surface area contributed by atoms with Gasteiger partial charge >= 0.3 is 0 Å². The Labute approximate surface area is 99.8 Å². The van der Waals surface area contributed by atoms with Gasteiger partial charge in [0.25, 0.3) is 0 Å². The molecule has 1 heterocycles. The maximum atomic E-state index is 11.0. The summed E-state index contributed by atoms with van der Waals surface area (Å²) in [6.07, 6.45) is 2.93. The first-order valence-corrected chi connectivity index (χ1v) is 7.70. The molecule has 0 saturated carbocycles. The van der Waals surface area contributed by atoms with Crippen molar-refractivity contribution in [3.63, 3.8) is 0 Å². The molecule has 0 atom stereocenters. The summed E-state index contributed by atoms with van der Waals surface area (Å²) in [6, 6.07) is 0. The van der Waals surface area contributed by atoms with Crippen LogP contribution in [0.3, 0.4) is 0 Å². The van der Waals surface area contributed by atoms with Gasteiger partial charge in [-0.15, -0.1) is 11.3 Å². The van der Waals surface area contributed by atoms with Crippen LogP contribution in [-0.2, 0) is 26.9 Å². The van der Waals surface area contributed by atoms with Crippen LogP contribution in [0.5, 0.6) is 0 Å². The molecule has 0 spiro atoms. The van der Waals surface area contributed by atoms with E-state index in [0.29, 0.717) is 18.2 Å². The van der Waals surface area contributed by atoms with E-state index < -0.39 is 9.84 Å². The fraction of sp³-hybridized carbons (Fsp3) is 0.667. The van der Waals surface area contributed by atoms with E-state index in [9.17, 15) is 8.42 Å². The fourth-order valence-corrected chi connectivity index (χ4v) is 3.20. The lowest BCUT2D eigenvalue weighted by molar-refractivity contribution is 0.199. The first kappa shape index (κ1) is 13.6. The van der Waals surface area contributed by atoms with Gasteiger partial charge in [-0.25, -0.2) is 13.4 Å². The number of ether oxygens (including phenoxy) is 1. The van der Waals surface area contributed by atoms with Crippen molar-refractivity contribution in [3.05, 3.63) is 16.1 Å². The number of rotatable bonds is 7. The van der Waals surface area contributed by atoms with Crippen LogP contribution < -0.4 is 5.32 Å². The quantitative estimate of drug-likeness (QED) is 0.723. The highest BCUT2D eigenvalue weighted by Gasteiger charge is 2.08. The van der Waals surface area contributed by atoms with E-state index in [4.69, 9.17) is 4.74 Å². The Hall–Kier alpha value is -0.500. The van der Waals surface area contributed by atoms with Gasteiger partial charge in [0.15, 0.2) is 9.84 Å². The second kappa shape index (κ2) is 6.29. The fourth-order valence-electron chi connectivity index (χ4n) is 1.11. The van der Waals surface area contributed by atoms with Gasteiger partial charge in [0, 0.05) is 37.5 Å². The average molecular weight is 264 g/mol. The number of thiazole rings is 1. The Morgan fingerprint density at radius 1 is 1.56 bits per heavy atom. The summed E-state index contributed by atoms with van der Waals surface area (Å²) in [5.41, 5.74) is 0. The van der Waals surface area contributed by atoms with Crippen molar-refractivity contribution >= 4 is 21.2 Å². The largest absolute Gasteiger partial charge is 0.383 e. The summed E-state index contributed by atoms with van der Waals surface area (Å²) in [4.78, 5) is 5.11. The normalized spacial score (nSPS) is 11.9. The van der Waals surface area contributed by atoms with Gasteiger partial charge in [-0.2, -0.15) is 0 Å². The lowest BCUT2D eigenvalue weighted by Gasteiger charge is -2.00. The third kappa shape index (κ3) is 5.55. The highest BCUT2D eigenvalue weighted by atomic mass is 32.2. The van der Waals surface area contributed by atoms with E-state index in [1.807, 2.05) is 0 Å². The van der Waals surface area contributed by atoms with Crippen LogP contribution in [0.25, 0.3) is 0 Å². The molecule has 1 N–H and O–H groups in total. The molecule has 16 heavy (non-hydrogen) atoms. The highest BCUT2D eigenvalue weighted by molar-refractivity contribution is 7.90. The van der Waals surface area contributed by atoms with Gasteiger partial charge in [-0.3, -0.25) is 0 Å². The van der Waals surface area contributed by atoms with Crippen molar-refractivity contribution in [3.8, 4) is 0 Å². The third-order valence-electron chi connectivity index (χ3n) is 1.77. The van der Waals surface area contributed by atoms with Crippen molar-refractivity contribution in [2.45, 2.75) is 12.3 Å². The predicted molar refractivity (Wildman–Crippen MR) is 64.2 cm³/mol. The molecule has 0 aliphatic rings. The van der Waals surface area contributed by atoms with E-state index in [0.717, 1.165) is 11.4 Å². The van der Waals surface area contributed by atoms with Crippen LogP contribution in [-0.4, -0.2) is 39.9 Å². The number of methoxy groups -OCH3 is 1. The standard InChI is InChI=1S/C9H16N2O3S2/c1-14-4-3-10-5-8-6-11-9(15-8)7-16(2,12)13/h6,10H,3-5,7H2,1-2H3. The second-order valence-electron chi connectivity index (χ2n) is 3.46. The minimum absolute atomic E-state index is 0.0235. The molecular weight excluding hydrogens is 248 g/mol. The summed E-state index contributed by atoms with van der Waals surface area (Å²) in [5, 5.41) is 3.82. The number of hydrogen-bond acceptors (Lipinski definition) is 6. The summed E-state index contributed by atoms with van der Waals surface area (Å²) in [6.45, 7) is 2.13. The molecule has 0 unspecified atom stereocenters. The predicted octanol–water partition coefficient (Wildman–Crippen LogP) is 0.424. The second-order valence-corrected chi connectivity index (χ2v) is 6.80. The molecule has 5 nitrogen and oxygen atoms in total. The number of nitrogens with zero attached hydrogens (tertiary/aromatic N) is 1. The van der Waals surface area contributed by atoms with Gasteiger partial charge in [0.05, 0.1) is 6.61 Å².